The highest BCUT2D eigenvalue weighted by Gasteiger charge is 2.22. The molecule has 0 spiro atoms. The normalized spacial score (nSPS) is 11.9. The van der Waals surface area contributed by atoms with Gasteiger partial charge in [-0.25, -0.2) is 0 Å². The van der Waals surface area contributed by atoms with Crippen LogP contribution >= 0.6 is 46.6 Å². The maximum atomic E-state index is 5.76. The summed E-state index contributed by atoms with van der Waals surface area (Å²) in [6.45, 7) is 0. The first-order valence-electron chi connectivity index (χ1n) is 4.30. The van der Waals surface area contributed by atoms with Crippen molar-refractivity contribution in [3.8, 4) is 0 Å². The van der Waals surface area contributed by atoms with Crippen LogP contribution in [-0.4, -0.2) is 3.12 Å². The molecular weight excluding hydrogens is 271 g/mol. The molecule has 2 aromatic rings. The van der Waals surface area contributed by atoms with Crippen molar-refractivity contribution in [2.24, 2.45) is 0 Å². The largest absolute Gasteiger partial charge is 0.241 e. The fourth-order valence-corrected chi connectivity index (χ4v) is 2.85. The molecule has 0 N–H and O–H groups in total. The van der Waals surface area contributed by atoms with Gasteiger partial charge in [0.2, 0.25) is 3.12 Å². The van der Waals surface area contributed by atoms with Crippen molar-refractivity contribution >= 4 is 57.3 Å². The summed E-state index contributed by atoms with van der Waals surface area (Å²) in [7, 11) is 0. The molecule has 78 valence electrons. The van der Waals surface area contributed by atoms with E-state index < -0.39 is 3.12 Å². The SMILES string of the molecule is ClC(Cl)(Cl)Sc1cccc2ccccc12. The fourth-order valence-electron chi connectivity index (χ4n) is 1.41. The quantitative estimate of drug-likeness (QED) is 0.506. The van der Waals surface area contributed by atoms with Gasteiger partial charge in [0.1, 0.15) is 0 Å². The molecule has 4 heteroatoms. The van der Waals surface area contributed by atoms with Gasteiger partial charge in [0.05, 0.1) is 0 Å². The molecule has 0 aliphatic carbocycles. The van der Waals surface area contributed by atoms with Gasteiger partial charge in [0.15, 0.2) is 0 Å². The lowest BCUT2D eigenvalue weighted by Crippen LogP contribution is -1.93. The van der Waals surface area contributed by atoms with Gasteiger partial charge in [-0.05, 0) is 16.8 Å². The van der Waals surface area contributed by atoms with Crippen molar-refractivity contribution in [3.63, 3.8) is 0 Å². The molecule has 0 aliphatic rings. The molecule has 0 nitrogen and oxygen atoms in total. The highest BCUT2D eigenvalue weighted by Crippen LogP contribution is 2.45. The van der Waals surface area contributed by atoms with Crippen molar-refractivity contribution in [3.05, 3.63) is 42.5 Å². The van der Waals surface area contributed by atoms with E-state index in [1.807, 2.05) is 42.5 Å². The molecule has 0 fully saturated rings. The summed E-state index contributed by atoms with van der Waals surface area (Å²) in [6.07, 6.45) is 0. The van der Waals surface area contributed by atoms with Gasteiger partial charge < -0.3 is 0 Å². The zero-order valence-electron chi connectivity index (χ0n) is 7.58. The summed E-state index contributed by atoms with van der Waals surface area (Å²) < 4.78 is -1.32. The first-order chi connectivity index (χ1) is 7.06. The number of halogens is 3. The fraction of sp³-hybridized carbons (Fsp3) is 0.0909. The van der Waals surface area contributed by atoms with Crippen LogP contribution in [0.3, 0.4) is 0 Å². The number of benzene rings is 2. The van der Waals surface area contributed by atoms with Crippen LogP contribution in [0.2, 0.25) is 0 Å². The molecule has 0 atom stereocenters. The molecule has 0 bridgehead atoms. The summed E-state index contributed by atoms with van der Waals surface area (Å²) >= 11 is 18.5. The lowest BCUT2D eigenvalue weighted by molar-refractivity contribution is 1.53. The molecule has 0 saturated carbocycles. The van der Waals surface area contributed by atoms with Crippen LogP contribution in [-0.2, 0) is 0 Å². The minimum Gasteiger partial charge on any atom is -0.0714 e. The number of alkyl halides is 3. The first kappa shape index (κ1) is 11.4. The van der Waals surface area contributed by atoms with Crippen molar-refractivity contribution < 1.29 is 0 Å². The van der Waals surface area contributed by atoms with Gasteiger partial charge in [-0.15, -0.1) is 0 Å². The summed E-state index contributed by atoms with van der Waals surface area (Å²) in [5, 5.41) is 2.26. The average molecular weight is 278 g/mol. The van der Waals surface area contributed by atoms with Crippen molar-refractivity contribution in [1.29, 1.82) is 0 Å². The minimum atomic E-state index is -1.32. The Bertz CT molecular complexity index is 471. The third kappa shape index (κ3) is 2.94. The summed E-state index contributed by atoms with van der Waals surface area (Å²) in [4.78, 5) is 0.980. The number of rotatable bonds is 1. The predicted octanol–water partition coefficient (Wildman–Crippen LogP) is 5.26. The molecule has 0 radical (unpaired) electrons. The van der Waals surface area contributed by atoms with E-state index in [1.54, 1.807) is 0 Å². The lowest BCUT2D eigenvalue weighted by Gasteiger charge is -2.11. The van der Waals surface area contributed by atoms with Gasteiger partial charge in [-0.2, -0.15) is 0 Å². The second-order valence-corrected chi connectivity index (χ2v) is 7.23. The highest BCUT2D eigenvalue weighted by molar-refractivity contribution is 8.04. The van der Waals surface area contributed by atoms with E-state index in [-0.39, 0.29) is 0 Å². The molecule has 2 aromatic carbocycles. The zero-order chi connectivity index (χ0) is 10.9. The van der Waals surface area contributed by atoms with Crippen molar-refractivity contribution in [2.75, 3.05) is 0 Å². The van der Waals surface area contributed by atoms with Gasteiger partial charge in [-0.3, -0.25) is 0 Å². The molecule has 2 rings (SSSR count). The van der Waals surface area contributed by atoms with Crippen LogP contribution in [0.5, 0.6) is 0 Å². The van der Waals surface area contributed by atoms with E-state index in [2.05, 4.69) is 0 Å². The lowest BCUT2D eigenvalue weighted by atomic mass is 10.1. The van der Waals surface area contributed by atoms with E-state index in [4.69, 9.17) is 34.8 Å². The molecule has 0 unspecified atom stereocenters. The smallest absolute Gasteiger partial charge is 0.0714 e. The molecular formula is C11H7Cl3S. The van der Waals surface area contributed by atoms with Crippen LogP contribution in [0, 0.1) is 0 Å². The van der Waals surface area contributed by atoms with Crippen molar-refractivity contribution in [1.82, 2.24) is 0 Å². The molecule has 0 aliphatic heterocycles. The van der Waals surface area contributed by atoms with Gasteiger partial charge >= 0.3 is 0 Å². The zero-order valence-corrected chi connectivity index (χ0v) is 10.7. The van der Waals surface area contributed by atoms with E-state index in [9.17, 15) is 0 Å². The van der Waals surface area contributed by atoms with Crippen LogP contribution < -0.4 is 0 Å². The van der Waals surface area contributed by atoms with E-state index >= 15 is 0 Å². The Morgan fingerprint density at radius 3 is 2.27 bits per heavy atom. The molecule has 0 amide bonds. The Labute approximate surface area is 108 Å². The second kappa shape index (κ2) is 4.42. The minimum absolute atomic E-state index is 0.980. The van der Waals surface area contributed by atoms with Crippen LogP contribution in [0.1, 0.15) is 0 Å². The maximum Gasteiger partial charge on any atom is 0.241 e. The second-order valence-electron chi connectivity index (χ2n) is 3.03. The van der Waals surface area contributed by atoms with Crippen LogP contribution in [0.25, 0.3) is 10.8 Å². The number of hydrogen-bond donors (Lipinski definition) is 0. The van der Waals surface area contributed by atoms with Gasteiger partial charge in [0, 0.05) is 4.90 Å². The highest BCUT2D eigenvalue weighted by atomic mass is 35.6. The topological polar surface area (TPSA) is 0 Å². The Kier molecular flexibility index (Phi) is 3.36. The summed E-state index contributed by atoms with van der Waals surface area (Å²) in [5.41, 5.74) is 0. The Morgan fingerprint density at radius 1 is 0.867 bits per heavy atom. The van der Waals surface area contributed by atoms with Crippen LogP contribution in [0.4, 0.5) is 0 Å². The third-order valence-corrected chi connectivity index (χ3v) is 3.48. The number of hydrogen-bond acceptors (Lipinski definition) is 1. The monoisotopic (exact) mass is 276 g/mol. The van der Waals surface area contributed by atoms with E-state index in [0.717, 1.165) is 15.7 Å². The number of thioether (sulfide) groups is 1. The number of fused-ring (bicyclic) bond motifs is 1. The standard InChI is InChI=1S/C11H7Cl3S/c12-11(13,14)15-10-7-3-5-8-4-1-2-6-9(8)10/h1-7H. The molecule has 0 aromatic heterocycles. The Hall–Kier alpha value is -0.0800. The maximum absolute atomic E-state index is 5.76. The Balaban J connectivity index is 2.52. The van der Waals surface area contributed by atoms with E-state index in [1.165, 1.54) is 11.8 Å². The average Bonchev–Trinajstić information content (AvgIpc) is 2.16. The third-order valence-electron chi connectivity index (χ3n) is 1.98. The summed E-state index contributed by atoms with van der Waals surface area (Å²) in [5.74, 6) is 0. The van der Waals surface area contributed by atoms with Gasteiger partial charge in [0.25, 0.3) is 0 Å². The van der Waals surface area contributed by atoms with E-state index in [0.29, 0.717) is 0 Å². The summed E-state index contributed by atoms with van der Waals surface area (Å²) in [6, 6.07) is 14.0. The van der Waals surface area contributed by atoms with Crippen LogP contribution in [0.15, 0.2) is 47.4 Å². The molecule has 0 saturated heterocycles. The Morgan fingerprint density at radius 2 is 1.53 bits per heavy atom. The molecule has 0 heterocycles. The predicted molar refractivity (Wildman–Crippen MR) is 70.1 cm³/mol. The van der Waals surface area contributed by atoms with Crippen molar-refractivity contribution in [2.45, 2.75) is 8.02 Å². The van der Waals surface area contributed by atoms with Gasteiger partial charge in [-0.1, -0.05) is 83.0 Å². The molecule has 15 heavy (non-hydrogen) atoms. The first-order valence-corrected chi connectivity index (χ1v) is 6.25.